The summed E-state index contributed by atoms with van der Waals surface area (Å²) in [4.78, 5) is 29.8. The van der Waals surface area contributed by atoms with Crippen LogP contribution in [0.1, 0.15) is 32.1 Å². The number of rotatable bonds is 5. The smallest absolute Gasteiger partial charge is 0.225 e. The molecule has 2 heterocycles. The lowest BCUT2D eigenvalue weighted by Crippen LogP contribution is -2.43. The quantitative estimate of drug-likeness (QED) is 0.731. The third kappa shape index (κ3) is 4.91. The van der Waals surface area contributed by atoms with E-state index in [9.17, 15) is 9.59 Å². The van der Waals surface area contributed by atoms with Gasteiger partial charge in [-0.25, -0.2) is 0 Å². The summed E-state index contributed by atoms with van der Waals surface area (Å²) in [6.45, 7) is 3.24. The molecule has 4 nitrogen and oxygen atoms in total. The number of carbonyl (C=O) groups excluding carboxylic acids is 2. The number of hydrogen-bond donors (Lipinski definition) is 0. The zero-order chi connectivity index (χ0) is 17.6. The van der Waals surface area contributed by atoms with E-state index in [0.717, 1.165) is 54.4 Å². The largest absolute Gasteiger partial charge is 0.343 e. The minimum absolute atomic E-state index is 0.111. The van der Waals surface area contributed by atoms with Gasteiger partial charge in [0.1, 0.15) is 0 Å². The highest BCUT2D eigenvalue weighted by atomic mass is 35.5. The van der Waals surface area contributed by atoms with Crippen LogP contribution in [0.3, 0.4) is 0 Å². The molecule has 0 N–H and O–H groups in total. The second kappa shape index (κ2) is 8.95. The van der Waals surface area contributed by atoms with Crippen LogP contribution in [0.15, 0.2) is 29.2 Å². The molecule has 2 amide bonds. The first kappa shape index (κ1) is 18.6. The van der Waals surface area contributed by atoms with Gasteiger partial charge in [0.15, 0.2) is 0 Å². The Morgan fingerprint density at radius 3 is 2.40 bits per heavy atom. The number of piperidine rings is 1. The summed E-state index contributed by atoms with van der Waals surface area (Å²) >= 11 is 7.76. The average Bonchev–Trinajstić information content (AvgIpc) is 3.17. The Hall–Kier alpha value is -1.20. The zero-order valence-electron chi connectivity index (χ0n) is 14.5. The van der Waals surface area contributed by atoms with Gasteiger partial charge in [-0.3, -0.25) is 9.59 Å². The number of hydrogen-bond acceptors (Lipinski definition) is 3. The molecule has 2 aliphatic heterocycles. The molecule has 3 rings (SSSR count). The minimum Gasteiger partial charge on any atom is -0.343 e. The molecule has 2 saturated heterocycles. The predicted octanol–water partition coefficient (Wildman–Crippen LogP) is 3.68. The van der Waals surface area contributed by atoms with E-state index in [-0.39, 0.29) is 11.8 Å². The Balaban J connectivity index is 1.39. The Bertz CT molecular complexity index is 611. The summed E-state index contributed by atoms with van der Waals surface area (Å²) in [6.07, 6.45) is 4.39. The van der Waals surface area contributed by atoms with Gasteiger partial charge in [0.25, 0.3) is 0 Å². The summed E-state index contributed by atoms with van der Waals surface area (Å²) in [5.74, 6) is 1.33. The van der Waals surface area contributed by atoms with Crippen molar-refractivity contribution in [2.45, 2.75) is 37.0 Å². The normalized spacial score (nSPS) is 18.6. The van der Waals surface area contributed by atoms with Gasteiger partial charge in [-0.15, -0.1) is 11.8 Å². The Morgan fingerprint density at radius 2 is 1.72 bits per heavy atom. The maximum absolute atomic E-state index is 12.4. The second-order valence-corrected chi connectivity index (χ2v) is 8.26. The van der Waals surface area contributed by atoms with Gasteiger partial charge in [0.2, 0.25) is 11.8 Å². The lowest BCUT2D eigenvalue weighted by molar-refractivity contribution is -0.139. The molecule has 1 aromatic carbocycles. The van der Waals surface area contributed by atoms with Crippen LogP contribution in [0.25, 0.3) is 0 Å². The lowest BCUT2D eigenvalue weighted by Gasteiger charge is -2.33. The molecule has 2 aliphatic rings. The SMILES string of the molecule is O=C(CCSc1ccccc1Cl)N1CCC(C(=O)N2CCCC2)CC1. The molecule has 0 aromatic heterocycles. The molecule has 0 spiro atoms. The summed E-state index contributed by atoms with van der Waals surface area (Å²) in [6, 6.07) is 7.71. The standard InChI is InChI=1S/C19H25ClN2O2S/c20-16-5-1-2-6-17(16)25-14-9-18(23)21-12-7-15(8-13-21)19(24)22-10-3-4-11-22/h1-2,5-6,15H,3-4,7-14H2. The molecule has 0 atom stereocenters. The van der Waals surface area contributed by atoms with Crippen molar-refractivity contribution in [2.75, 3.05) is 31.9 Å². The van der Waals surface area contributed by atoms with Crippen LogP contribution in [-0.4, -0.2) is 53.5 Å². The first-order valence-corrected chi connectivity index (χ1v) is 10.5. The first-order chi connectivity index (χ1) is 12.1. The van der Waals surface area contributed by atoms with Crippen molar-refractivity contribution < 1.29 is 9.59 Å². The van der Waals surface area contributed by atoms with E-state index >= 15 is 0 Å². The van der Waals surface area contributed by atoms with E-state index in [0.29, 0.717) is 25.4 Å². The molecule has 0 unspecified atom stereocenters. The van der Waals surface area contributed by atoms with Gasteiger partial charge in [0.05, 0.1) is 5.02 Å². The molecule has 0 aliphatic carbocycles. The Morgan fingerprint density at radius 1 is 1.04 bits per heavy atom. The predicted molar refractivity (Wildman–Crippen MR) is 102 cm³/mol. The number of benzene rings is 1. The fourth-order valence-electron chi connectivity index (χ4n) is 3.54. The summed E-state index contributed by atoms with van der Waals surface area (Å²) < 4.78 is 0. The number of likely N-dealkylation sites (tertiary alicyclic amines) is 2. The Kier molecular flexibility index (Phi) is 6.65. The van der Waals surface area contributed by atoms with Crippen molar-refractivity contribution in [3.63, 3.8) is 0 Å². The number of amides is 2. The maximum Gasteiger partial charge on any atom is 0.225 e. The van der Waals surface area contributed by atoms with Crippen molar-refractivity contribution in [3.8, 4) is 0 Å². The highest BCUT2D eigenvalue weighted by molar-refractivity contribution is 7.99. The highest BCUT2D eigenvalue weighted by Crippen LogP contribution is 2.27. The molecule has 0 bridgehead atoms. The topological polar surface area (TPSA) is 40.6 Å². The van der Waals surface area contributed by atoms with Gasteiger partial charge in [-0.05, 0) is 37.8 Å². The van der Waals surface area contributed by atoms with E-state index in [1.54, 1.807) is 11.8 Å². The number of nitrogens with zero attached hydrogens (tertiary/aromatic N) is 2. The van der Waals surface area contributed by atoms with Crippen LogP contribution in [0.2, 0.25) is 5.02 Å². The fourth-order valence-corrected chi connectivity index (χ4v) is 4.72. The van der Waals surface area contributed by atoms with Crippen LogP contribution < -0.4 is 0 Å². The first-order valence-electron chi connectivity index (χ1n) is 9.09. The van der Waals surface area contributed by atoms with Crippen LogP contribution in [-0.2, 0) is 9.59 Å². The molecule has 0 radical (unpaired) electrons. The highest BCUT2D eigenvalue weighted by Gasteiger charge is 2.30. The second-order valence-electron chi connectivity index (χ2n) is 6.72. The third-order valence-electron chi connectivity index (χ3n) is 5.02. The van der Waals surface area contributed by atoms with Crippen molar-refractivity contribution in [1.82, 2.24) is 9.80 Å². The van der Waals surface area contributed by atoms with Gasteiger partial charge in [0, 0.05) is 49.2 Å². The molecule has 2 fully saturated rings. The van der Waals surface area contributed by atoms with Crippen molar-refractivity contribution >= 4 is 35.2 Å². The fraction of sp³-hybridized carbons (Fsp3) is 0.579. The van der Waals surface area contributed by atoms with Gasteiger partial charge < -0.3 is 9.80 Å². The lowest BCUT2D eigenvalue weighted by atomic mass is 9.95. The van der Waals surface area contributed by atoms with E-state index in [1.165, 1.54) is 0 Å². The van der Waals surface area contributed by atoms with E-state index in [4.69, 9.17) is 11.6 Å². The van der Waals surface area contributed by atoms with Gasteiger partial charge >= 0.3 is 0 Å². The average molecular weight is 381 g/mol. The number of thioether (sulfide) groups is 1. The molecule has 25 heavy (non-hydrogen) atoms. The maximum atomic E-state index is 12.4. The van der Waals surface area contributed by atoms with E-state index < -0.39 is 0 Å². The molecule has 0 saturated carbocycles. The van der Waals surface area contributed by atoms with Crippen molar-refractivity contribution in [2.24, 2.45) is 5.92 Å². The number of carbonyl (C=O) groups is 2. The molecule has 136 valence electrons. The summed E-state index contributed by atoms with van der Waals surface area (Å²) in [5.41, 5.74) is 0. The monoisotopic (exact) mass is 380 g/mol. The van der Waals surface area contributed by atoms with Crippen LogP contribution in [0.4, 0.5) is 0 Å². The number of halogens is 1. The van der Waals surface area contributed by atoms with Gasteiger partial charge in [-0.2, -0.15) is 0 Å². The minimum atomic E-state index is 0.111. The summed E-state index contributed by atoms with van der Waals surface area (Å²) in [7, 11) is 0. The van der Waals surface area contributed by atoms with Crippen molar-refractivity contribution in [1.29, 1.82) is 0 Å². The molecule has 6 heteroatoms. The zero-order valence-corrected chi connectivity index (χ0v) is 16.0. The molecular formula is C19H25ClN2O2S. The molecular weight excluding hydrogens is 356 g/mol. The van der Waals surface area contributed by atoms with Crippen LogP contribution >= 0.6 is 23.4 Å². The Labute approximate surface area is 158 Å². The van der Waals surface area contributed by atoms with Gasteiger partial charge in [-0.1, -0.05) is 23.7 Å². The van der Waals surface area contributed by atoms with Crippen LogP contribution in [0.5, 0.6) is 0 Å². The summed E-state index contributed by atoms with van der Waals surface area (Å²) in [5, 5.41) is 0.737. The van der Waals surface area contributed by atoms with Crippen molar-refractivity contribution in [3.05, 3.63) is 29.3 Å². The third-order valence-corrected chi connectivity index (χ3v) is 6.54. The van der Waals surface area contributed by atoms with E-state index in [2.05, 4.69) is 0 Å². The van der Waals surface area contributed by atoms with Crippen LogP contribution in [0, 0.1) is 5.92 Å². The van der Waals surface area contributed by atoms with E-state index in [1.807, 2.05) is 34.1 Å². The molecule has 1 aromatic rings.